The summed E-state index contributed by atoms with van der Waals surface area (Å²) >= 11 is 6.06. The van der Waals surface area contributed by atoms with Crippen molar-refractivity contribution in [3.63, 3.8) is 0 Å². The first-order valence-corrected chi connectivity index (χ1v) is 11.3. The highest BCUT2D eigenvalue weighted by molar-refractivity contribution is 6.31. The Kier molecular flexibility index (Phi) is 5.82. The molecule has 8 nitrogen and oxygen atoms in total. The highest BCUT2D eigenvalue weighted by atomic mass is 35.5. The van der Waals surface area contributed by atoms with Crippen LogP contribution in [0.1, 0.15) is 33.2 Å². The van der Waals surface area contributed by atoms with Gasteiger partial charge in [0.2, 0.25) is 12.7 Å². The molecular formula is C26H21ClN2O6. The summed E-state index contributed by atoms with van der Waals surface area (Å²) in [5.74, 6) is 0.0876. The van der Waals surface area contributed by atoms with Gasteiger partial charge >= 0.3 is 5.97 Å². The molecule has 2 heterocycles. The number of anilines is 1. The summed E-state index contributed by atoms with van der Waals surface area (Å²) in [5.41, 5.74) is 3.17. The molecule has 178 valence electrons. The Morgan fingerprint density at radius 3 is 2.66 bits per heavy atom. The standard InChI is InChI=1S/C26H21ClN2O6/c1-14-24(30)28-21-11-17(27)5-7-19(21)25(31)29(14)12-15-3-6-18(26(32)33-2)20(9-15)16-4-8-22-23(10-16)35-13-34-22/h3-11,14H,12-13H2,1-2H3,(H,28,30)/t14-/m1/s1. The van der Waals surface area contributed by atoms with Gasteiger partial charge in [-0.15, -0.1) is 0 Å². The van der Waals surface area contributed by atoms with Crippen molar-refractivity contribution >= 4 is 35.1 Å². The first-order valence-electron chi connectivity index (χ1n) is 10.9. The molecular weight excluding hydrogens is 472 g/mol. The van der Waals surface area contributed by atoms with E-state index in [-0.39, 0.29) is 25.2 Å². The second-order valence-electron chi connectivity index (χ2n) is 8.23. The SMILES string of the molecule is COC(=O)c1ccc(CN2C(=O)c3ccc(Cl)cc3NC(=O)[C@H]2C)cc1-c1ccc2c(c1)OCO2. The van der Waals surface area contributed by atoms with Crippen LogP contribution in [-0.2, 0) is 16.1 Å². The monoisotopic (exact) mass is 492 g/mol. The topological polar surface area (TPSA) is 94.2 Å². The minimum atomic E-state index is -0.733. The fraction of sp³-hybridized carbons (Fsp3) is 0.192. The zero-order chi connectivity index (χ0) is 24.7. The second kappa shape index (κ2) is 8.96. The number of amides is 2. The normalized spacial score (nSPS) is 16.4. The summed E-state index contributed by atoms with van der Waals surface area (Å²) in [6, 6.07) is 14.6. The van der Waals surface area contributed by atoms with Gasteiger partial charge in [0.25, 0.3) is 5.91 Å². The molecule has 0 saturated heterocycles. The number of nitrogens with one attached hydrogen (secondary N) is 1. The Hall–Kier alpha value is -4.04. The Labute approximate surface area is 206 Å². The Morgan fingerprint density at radius 1 is 1.06 bits per heavy atom. The van der Waals surface area contributed by atoms with Crippen LogP contribution in [0.4, 0.5) is 5.69 Å². The van der Waals surface area contributed by atoms with Crippen LogP contribution in [0.3, 0.4) is 0 Å². The highest BCUT2D eigenvalue weighted by Gasteiger charge is 2.33. The zero-order valence-electron chi connectivity index (χ0n) is 19.0. The van der Waals surface area contributed by atoms with Gasteiger partial charge in [0.1, 0.15) is 6.04 Å². The third kappa shape index (κ3) is 4.17. The van der Waals surface area contributed by atoms with Crippen LogP contribution in [0.25, 0.3) is 11.1 Å². The number of benzene rings is 3. The molecule has 0 unspecified atom stereocenters. The van der Waals surface area contributed by atoms with Gasteiger partial charge in [-0.1, -0.05) is 23.7 Å². The molecule has 2 aliphatic rings. The van der Waals surface area contributed by atoms with Gasteiger partial charge in [0.05, 0.1) is 23.9 Å². The number of nitrogens with zero attached hydrogens (tertiary/aromatic N) is 1. The molecule has 0 aliphatic carbocycles. The average Bonchev–Trinajstić information content (AvgIpc) is 3.31. The van der Waals surface area contributed by atoms with Gasteiger partial charge in [-0.2, -0.15) is 0 Å². The number of esters is 1. The minimum absolute atomic E-state index is 0.131. The quantitative estimate of drug-likeness (QED) is 0.539. The van der Waals surface area contributed by atoms with Crippen molar-refractivity contribution in [1.82, 2.24) is 4.90 Å². The Bertz CT molecular complexity index is 1370. The molecule has 2 amide bonds. The number of carbonyl (C=O) groups is 3. The molecule has 0 spiro atoms. The number of hydrogen-bond acceptors (Lipinski definition) is 6. The zero-order valence-corrected chi connectivity index (χ0v) is 19.7. The lowest BCUT2D eigenvalue weighted by Crippen LogP contribution is -2.42. The van der Waals surface area contributed by atoms with Gasteiger partial charge in [0, 0.05) is 11.6 Å². The van der Waals surface area contributed by atoms with Crippen molar-refractivity contribution < 1.29 is 28.6 Å². The van der Waals surface area contributed by atoms with Crippen LogP contribution in [0.5, 0.6) is 11.5 Å². The number of fused-ring (bicyclic) bond motifs is 2. The van der Waals surface area contributed by atoms with E-state index in [9.17, 15) is 14.4 Å². The molecule has 5 rings (SSSR count). The van der Waals surface area contributed by atoms with Crippen molar-refractivity contribution in [1.29, 1.82) is 0 Å². The lowest BCUT2D eigenvalue weighted by atomic mass is 9.96. The van der Waals surface area contributed by atoms with E-state index in [2.05, 4.69) is 5.32 Å². The summed E-state index contributed by atoms with van der Waals surface area (Å²) < 4.78 is 15.9. The summed E-state index contributed by atoms with van der Waals surface area (Å²) in [6.07, 6.45) is 0. The molecule has 9 heteroatoms. The second-order valence-corrected chi connectivity index (χ2v) is 8.66. The number of halogens is 1. The molecule has 0 bridgehead atoms. The lowest BCUT2D eigenvalue weighted by molar-refractivity contribution is -0.120. The molecule has 3 aromatic carbocycles. The average molecular weight is 493 g/mol. The molecule has 0 aromatic heterocycles. The summed E-state index contributed by atoms with van der Waals surface area (Å²) in [7, 11) is 1.32. The predicted octanol–water partition coefficient (Wildman–Crippen LogP) is 4.51. The summed E-state index contributed by atoms with van der Waals surface area (Å²) in [6.45, 7) is 1.95. The van der Waals surface area contributed by atoms with E-state index in [1.165, 1.54) is 12.0 Å². The maximum absolute atomic E-state index is 13.4. The number of methoxy groups -OCH3 is 1. The maximum Gasteiger partial charge on any atom is 0.338 e. The predicted molar refractivity (Wildman–Crippen MR) is 129 cm³/mol. The fourth-order valence-electron chi connectivity index (χ4n) is 4.20. The fourth-order valence-corrected chi connectivity index (χ4v) is 4.37. The summed E-state index contributed by atoms with van der Waals surface area (Å²) in [4.78, 5) is 40.2. The number of carbonyl (C=O) groups excluding carboxylic acids is 3. The maximum atomic E-state index is 13.4. The van der Waals surface area contributed by atoms with Crippen molar-refractivity contribution in [2.75, 3.05) is 19.2 Å². The van der Waals surface area contributed by atoms with Crippen molar-refractivity contribution in [3.05, 3.63) is 76.3 Å². The van der Waals surface area contributed by atoms with Gasteiger partial charge in [0.15, 0.2) is 11.5 Å². The van der Waals surface area contributed by atoms with Crippen LogP contribution in [0.15, 0.2) is 54.6 Å². The van der Waals surface area contributed by atoms with Crippen molar-refractivity contribution in [2.24, 2.45) is 0 Å². The third-order valence-corrected chi connectivity index (χ3v) is 6.34. The molecule has 2 aliphatic heterocycles. The molecule has 1 N–H and O–H groups in total. The molecule has 0 radical (unpaired) electrons. The molecule has 3 aromatic rings. The molecule has 1 atom stereocenters. The van der Waals surface area contributed by atoms with E-state index >= 15 is 0 Å². The highest BCUT2D eigenvalue weighted by Crippen LogP contribution is 2.37. The van der Waals surface area contributed by atoms with Crippen LogP contribution in [-0.4, -0.2) is 42.6 Å². The Balaban J connectivity index is 1.54. The molecule has 0 saturated carbocycles. The number of ether oxygens (including phenoxy) is 3. The molecule has 0 fully saturated rings. The van der Waals surface area contributed by atoms with Crippen LogP contribution < -0.4 is 14.8 Å². The van der Waals surface area contributed by atoms with Crippen LogP contribution >= 0.6 is 11.6 Å². The smallest absolute Gasteiger partial charge is 0.338 e. The van der Waals surface area contributed by atoms with Crippen molar-refractivity contribution in [3.8, 4) is 22.6 Å². The van der Waals surface area contributed by atoms with E-state index in [4.69, 9.17) is 25.8 Å². The van der Waals surface area contributed by atoms with Crippen LogP contribution in [0, 0.1) is 0 Å². The third-order valence-electron chi connectivity index (χ3n) is 6.10. The van der Waals surface area contributed by atoms with Gasteiger partial charge in [-0.05, 0) is 66.1 Å². The van der Waals surface area contributed by atoms with E-state index in [0.29, 0.717) is 38.9 Å². The first-order chi connectivity index (χ1) is 16.9. The molecule has 35 heavy (non-hydrogen) atoms. The first kappa shape index (κ1) is 22.7. The lowest BCUT2D eigenvalue weighted by Gasteiger charge is -2.26. The van der Waals surface area contributed by atoms with E-state index in [1.807, 2.05) is 12.1 Å². The van der Waals surface area contributed by atoms with Crippen molar-refractivity contribution in [2.45, 2.75) is 19.5 Å². The van der Waals surface area contributed by atoms with E-state index in [1.54, 1.807) is 49.4 Å². The minimum Gasteiger partial charge on any atom is -0.465 e. The van der Waals surface area contributed by atoms with E-state index < -0.39 is 12.0 Å². The van der Waals surface area contributed by atoms with Gasteiger partial charge in [-0.25, -0.2) is 4.79 Å². The largest absolute Gasteiger partial charge is 0.465 e. The van der Waals surface area contributed by atoms with Gasteiger partial charge in [-0.3, -0.25) is 9.59 Å². The Morgan fingerprint density at radius 2 is 1.86 bits per heavy atom. The van der Waals surface area contributed by atoms with Crippen LogP contribution in [0.2, 0.25) is 5.02 Å². The number of hydrogen-bond donors (Lipinski definition) is 1. The summed E-state index contributed by atoms with van der Waals surface area (Å²) in [5, 5.41) is 3.20. The van der Waals surface area contributed by atoms with E-state index in [0.717, 1.165) is 11.1 Å². The van der Waals surface area contributed by atoms with Gasteiger partial charge < -0.3 is 24.4 Å². The number of rotatable bonds is 4.